The van der Waals surface area contributed by atoms with Gasteiger partial charge < -0.3 is 4.74 Å². The first-order valence-corrected chi connectivity index (χ1v) is 7.83. The van der Waals surface area contributed by atoms with Crippen LogP contribution in [-0.2, 0) is 14.8 Å². The summed E-state index contributed by atoms with van der Waals surface area (Å²) in [5.74, 6) is 0.471. The van der Waals surface area contributed by atoms with Crippen LogP contribution in [0.3, 0.4) is 0 Å². The van der Waals surface area contributed by atoms with Crippen LogP contribution in [0.15, 0.2) is 17.6 Å². The Labute approximate surface area is 118 Å². The van der Waals surface area contributed by atoms with Crippen molar-refractivity contribution in [2.24, 2.45) is 5.92 Å². The van der Waals surface area contributed by atoms with Crippen molar-refractivity contribution in [3.63, 3.8) is 0 Å². The van der Waals surface area contributed by atoms with Crippen LogP contribution in [0, 0.1) is 5.92 Å². The normalized spacial score (nSPS) is 12.0. The number of nitrogens with zero attached hydrogens (tertiary/aromatic N) is 2. The molecule has 0 radical (unpaired) electrons. The molecule has 0 saturated heterocycles. The van der Waals surface area contributed by atoms with Gasteiger partial charge in [0.15, 0.2) is 0 Å². The quantitative estimate of drug-likeness (QED) is 0.581. The molecule has 0 unspecified atom stereocenters. The summed E-state index contributed by atoms with van der Waals surface area (Å²) in [5, 5.41) is 0.0148. The van der Waals surface area contributed by atoms with Crippen molar-refractivity contribution in [2.45, 2.75) is 25.4 Å². The number of aromatic nitrogens is 2. The van der Waals surface area contributed by atoms with E-state index in [-0.39, 0.29) is 11.7 Å². The Kier molecular flexibility index (Phi) is 6.64. The molecule has 1 heterocycles. The molecule has 1 aromatic heterocycles. The van der Waals surface area contributed by atoms with E-state index in [1.54, 1.807) is 0 Å². The lowest BCUT2D eigenvalue weighted by Gasteiger charge is -2.07. The second-order valence-electron chi connectivity index (χ2n) is 4.40. The maximum absolute atomic E-state index is 11.8. The third-order valence-corrected chi connectivity index (χ3v) is 3.52. The maximum Gasteiger partial charge on any atom is 0.276 e. The molecule has 19 heavy (non-hydrogen) atoms. The fraction of sp³-hybridized carbons (Fsp3) is 0.636. The Bertz CT molecular complexity index is 476. The summed E-state index contributed by atoms with van der Waals surface area (Å²) in [6, 6.07) is 0. The number of hydrogen-bond acceptors (Lipinski definition) is 5. The van der Waals surface area contributed by atoms with Crippen LogP contribution >= 0.6 is 11.6 Å². The van der Waals surface area contributed by atoms with Gasteiger partial charge in [-0.3, -0.25) is 0 Å². The molecule has 0 amide bonds. The Morgan fingerprint density at radius 1 is 1.37 bits per heavy atom. The third-order valence-electron chi connectivity index (χ3n) is 2.05. The first-order chi connectivity index (χ1) is 8.92. The van der Waals surface area contributed by atoms with Crippen molar-refractivity contribution in [3.05, 3.63) is 17.4 Å². The van der Waals surface area contributed by atoms with E-state index in [4.69, 9.17) is 16.3 Å². The Morgan fingerprint density at radius 3 is 2.58 bits per heavy atom. The van der Waals surface area contributed by atoms with Gasteiger partial charge >= 0.3 is 0 Å². The zero-order chi connectivity index (χ0) is 14.3. The van der Waals surface area contributed by atoms with E-state index in [9.17, 15) is 8.42 Å². The zero-order valence-electron chi connectivity index (χ0n) is 11.0. The minimum absolute atomic E-state index is 0.278. The van der Waals surface area contributed by atoms with Gasteiger partial charge in [-0.05, 0) is 12.3 Å². The Hall–Kier alpha value is -0.760. The molecule has 0 spiro atoms. The van der Waals surface area contributed by atoms with Crippen molar-refractivity contribution in [1.82, 2.24) is 14.7 Å². The molecule has 1 rings (SSSR count). The second-order valence-corrected chi connectivity index (χ2v) is 6.50. The summed E-state index contributed by atoms with van der Waals surface area (Å²) in [6.45, 7) is 5.59. The minimum Gasteiger partial charge on any atom is -0.381 e. The molecule has 0 bridgehead atoms. The van der Waals surface area contributed by atoms with E-state index in [0.29, 0.717) is 30.6 Å². The van der Waals surface area contributed by atoms with E-state index in [1.807, 2.05) is 0 Å². The lowest BCUT2D eigenvalue weighted by atomic mass is 10.2. The fourth-order valence-electron chi connectivity index (χ4n) is 1.20. The van der Waals surface area contributed by atoms with Crippen LogP contribution in [-0.4, -0.2) is 38.1 Å². The van der Waals surface area contributed by atoms with Gasteiger partial charge in [0.2, 0.25) is 0 Å². The molecule has 0 aliphatic rings. The molecule has 0 atom stereocenters. The molecule has 6 nitrogen and oxygen atoms in total. The molecule has 0 fully saturated rings. The summed E-state index contributed by atoms with van der Waals surface area (Å²) in [5.41, 5.74) is 0. The summed E-state index contributed by atoms with van der Waals surface area (Å²) in [7, 11) is -3.67. The fourth-order valence-corrected chi connectivity index (χ4v) is 2.23. The van der Waals surface area contributed by atoms with Gasteiger partial charge in [0.05, 0.1) is 17.4 Å². The molecule has 1 aromatic rings. The summed E-state index contributed by atoms with van der Waals surface area (Å²) in [6.07, 6.45) is 3.09. The van der Waals surface area contributed by atoms with Crippen LogP contribution in [0.4, 0.5) is 0 Å². The van der Waals surface area contributed by atoms with E-state index in [0.717, 1.165) is 0 Å². The predicted octanol–water partition coefficient (Wildman–Crippen LogP) is 1.47. The standard InChI is InChI=1S/C11H18ClN3O3S/c1-9(2)8-18-5-3-4-15-19(16,17)11-13-6-10(12)7-14-11/h6-7,9,15H,3-5,8H2,1-2H3. The van der Waals surface area contributed by atoms with Gasteiger partial charge in [-0.15, -0.1) is 0 Å². The number of ether oxygens (including phenoxy) is 1. The van der Waals surface area contributed by atoms with Crippen LogP contribution in [0.25, 0.3) is 0 Å². The molecule has 8 heteroatoms. The predicted molar refractivity (Wildman–Crippen MR) is 72.5 cm³/mol. The van der Waals surface area contributed by atoms with Crippen molar-refractivity contribution in [2.75, 3.05) is 19.8 Å². The van der Waals surface area contributed by atoms with Crippen LogP contribution in [0.1, 0.15) is 20.3 Å². The lowest BCUT2D eigenvalue weighted by molar-refractivity contribution is 0.108. The first-order valence-electron chi connectivity index (χ1n) is 5.97. The van der Waals surface area contributed by atoms with E-state index in [1.165, 1.54) is 12.4 Å². The van der Waals surface area contributed by atoms with Gasteiger partial charge in [-0.1, -0.05) is 25.4 Å². The van der Waals surface area contributed by atoms with Crippen LogP contribution in [0.5, 0.6) is 0 Å². The van der Waals surface area contributed by atoms with E-state index >= 15 is 0 Å². The smallest absolute Gasteiger partial charge is 0.276 e. The van der Waals surface area contributed by atoms with Crippen LogP contribution in [0.2, 0.25) is 5.02 Å². The van der Waals surface area contributed by atoms with Crippen molar-refractivity contribution in [3.8, 4) is 0 Å². The molecule has 0 aliphatic heterocycles. The van der Waals surface area contributed by atoms with Gasteiger partial charge in [0.25, 0.3) is 15.2 Å². The van der Waals surface area contributed by atoms with Gasteiger partial charge in [0, 0.05) is 19.8 Å². The molecule has 0 aliphatic carbocycles. The van der Waals surface area contributed by atoms with E-state index < -0.39 is 10.0 Å². The SMILES string of the molecule is CC(C)COCCCNS(=O)(=O)c1ncc(Cl)cn1. The molecule has 108 valence electrons. The highest BCUT2D eigenvalue weighted by Crippen LogP contribution is 2.06. The minimum atomic E-state index is -3.67. The first kappa shape index (κ1) is 16.3. The zero-order valence-corrected chi connectivity index (χ0v) is 12.5. The highest BCUT2D eigenvalue weighted by Gasteiger charge is 2.16. The largest absolute Gasteiger partial charge is 0.381 e. The average molecular weight is 308 g/mol. The number of sulfonamides is 1. The third kappa shape index (κ3) is 6.29. The molecule has 0 aromatic carbocycles. The number of halogens is 1. The number of rotatable bonds is 8. The maximum atomic E-state index is 11.8. The topological polar surface area (TPSA) is 81.2 Å². The Balaban J connectivity index is 2.33. The molecule has 1 N–H and O–H groups in total. The Morgan fingerprint density at radius 2 is 2.00 bits per heavy atom. The van der Waals surface area contributed by atoms with Crippen LogP contribution < -0.4 is 4.72 Å². The van der Waals surface area contributed by atoms with Crippen molar-refractivity contribution in [1.29, 1.82) is 0 Å². The van der Waals surface area contributed by atoms with Crippen molar-refractivity contribution >= 4 is 21.6 Å². The molecule has 0 saturated carbocycles. The summed E-state index contributed by atoms with van der Waals surface area (Å²) in [4.78, 5) is 7.33. The van der Waals surface area contributed by atoms with E-state index in [2.05, 4.69) is 28.5 Å². The number of hydrogen-bond donors (Lipinski definition) is 1. The number of nitrogens with one attached hydrogen (secondary N) is 1. The molecular formula is C11H18ClN3O3S. The highest BCUT2D eigenvalue weighted by atomic mass is 35.5. The molecular weight excluding hydrogens is 290 g/mol. The average Bonchev–Trinajstić information content (AvgIpc) is 2.34. The van der Waals surface area contributed by atoms with Gasteiger partial charge in [-0.2, -0.15) is 0 Å². The summed E-state index contributed by atoms with van der Waals surface area (Å²) < 4.78 is 31.3. The van der Waals surface area contributed by atoms with Gasteiger partial charge in [0.1, 0.15) is 0 Å². The van der Waals surface area contributed by atoms with Gasteiger partial charge in [-0.25, -0.2) is 23.1 Å². The lowest BCUT2D eigenvalue weighted by Crippen LogP contribution is -2.27. The monoisotopic (exact) mass is 307 g/mol. The highest BCUT2D eigenvalue weighted by molar-refractivity contribution is 7.89. The summed E-state index contributed by atoms with van der Waals surface area (Å²) >= 11 is 5.59. The van der Waals surface area contributed by atoms with Crippen molar-refractivity contribution < 1.29 is 13.2 Å². The second kappa shape index (κ2) is 7.74.